The zero-order chi connectivity index (χ0) is 20.0. The molecular formula is C20H22O7. The van der Waals surface area contributed by atoms with Crippen LogP contribution in [0, 0.1) is 0 Å². The lowest BCUT2D eigenvalue weighted by Crippen LogP contribution is -1.99. The van der Waals surface area contributed by atoms with Gasteiger partial charge in [-0.2, -0.15) is 0 Å². The molecule has 0 amide bonds. The third kappa shape index (κ3) is 3.92. The Labute approximate surface area is 157 Å². The predicted octanol–water partition coefficient (Wildman–Crippen LogP) is 3.33. The van der Waals surface area contributed by atoms with Gasteiger partial charge in [-0.3, -0.25) is 4.79 Å². The minimum Gasteiger partial charge on any atom is -0.504 e. The third-order valence-corrected chi connectivity index (χ3v) is 3.93. The first-order chi connectivity index (χ1) is 13.0. The van der Waals surface area contributed by atoms with Gasteiger partial charge in [0, 0.05) is 5.56 Å². The van der Waals surface area contributed by atoms with Gasteiger partial charge < -0.3 is 28.8 Å². The quantitative estimate of drug-likeness (QED) is 0.560. The number of phenols is 1. The minimum absolute atomic E-state index is 0.0864. The maximum atomic E-state index is 12.5. The molecule has 0 aromatic heterocycles. The largest absolute Gasteiger partial charge is 0.504 e. The van der Waals surface area contributed by atoms with Crippen molar-refractivity contribution in [1.29, 1.82) is 0 Å². The van der Waals surface area contributed by atoms with Crippen LogP contribution in [0.15, 0.2) is 30.3 Å². The molecule has 0 aliphatic heterocycles. The Morgan fingerprint density at radius 2 is 1.33 bits per heavy atom. The van der Waals surface area contributed by atoms with Gasteiger partial charge in [-0.1, -0.05) is 0 Å². The highest BCUT2D eigenvalue weighted by molar-refractivity contribution is 6.09. The van der Waals surface area contributed by atoms with Gasteiger partial charge in [0.1, 0.15) is 0 Å². The van der Waals surface area contributed by atoms with Gasteiger partial charge in [0.15, 0.2) is 28.8 Å². The van der Waals surface area contributed by atoms with Gasteiger partial charge >= 0.3 is 0 Å². The lowest BCUT2D eigenvalue weighted by Gasteiger charge is -2.14. The van der Waals surface area contributed by atoms with E-state index in [1.807, 2.05) is 0 Å². The summed E-state index contributed by atoms with van der Waals surface area (Å²) in [6.45, 7) is 0. The fourth-order valence-electron chi connectivity index (χ4n) is 2.62. The number of ether oxygens (including phenoxy) is 5. The molecule has 0 heterocycles. The standard InChI is InChI=1S/C20H22O7/c1-23-15-11-8-13(17(22)19(15)26-4)14(21)9-6-12-7-10-16(24-2)20(27-5)18(12)25-3/h6-11,22H,1-5H3/b9-6+. The summed E-state index contributed by atoms with van der Waals surface area (Å²) in [4.78, 5) is 12.5. The lowest BCUT2D eigenvalue weighted by molar-refractivity contribution is 0.104. The summed E-state index contributed by atoms with van der Waals surface area (Å²) in [5.74, 6) is 1.09. The number of rotatable bonds is 8. The van der Waals surface area contributed by atoms with Gasteiger partial charge in [-0.15, -0.1) is 0 Å². The van der Waals surface area contributed by atoms with Crippen molar-refractivity contribution >= 4 is 11.9 Å². The summed E-state index contributed by atoms with van der Waals surface area (Å²) in [6.07, 6.45) is 2.89. The summed E-state index contributed by atoms with van der Waals surface area (Å²) >= 11 is 0. The molecule has 0 fully saturated rings. The van der Waals surface area contributed by atoms with E-state index < -0.39 is 5.78 Å². The average molecular weight is 374 g/mol. The summed E-state index contributed by atoms with van der Waals surface area (Å²) in [5.41, 5.74) is 0.701. The molecule has 0 spiro atoms. The molecule has 2 rings (SSSR count). The normalized spacial score (nSPS) is 10.6. The van der Waals surface area contributed by atoms with E-state index in [1.165, 1.54) is 47.7 Å². The Morgan fingerprint density at radius 1 is 0.778 bits per heavy atom. The number of aromatic hydroxyl groups is 1. The number of phenolic OH excluding ortho intramolecular Hbond substituents is 1. The van der Waals surface area contributed by atoms with E-state index in [0.29, 0.717) is 28.6 Å². The van der Waals surface area contributed by atoms with E-state index in [4.69, 9.17) is 23.7 Å². The molecule has 0 radical (unpaired) electrons. The lowest BCUT2D eigenvalue weighted by atomic mass is 10.1. The number of hydrogen-bond acceptors (Lipinski definition) is 7. The zero-order valence-corrected chi connectivity index (χ0v) is 15.9. The Balaban J connectivity index is 2.41. The second-order valence-electron chi connectivity index (χ2n) is 5.32. The Morgan fingerprint density at radius 3 is 1.89 bits per heavy atom. The van der Waals surface area contributed by atoms with E-state index in [1.54, 1.807) is 24.3 Å². The number of carbonyl (C=O) groups excluding carboxylic acids is 1. The van der Waals surface area contributed by atoms with E-state index in [-0.39, 0.29) is 17.1 Å². The van der Waals surface area contributed by atoms with Crippen LogP contribution >= 0.6 is 0 Å². The number of ketones is 1. The average Bonchev–Trinajstić information content (AvgIpc) is 2.70. The molecule has 7 heteroatoms. The first kappa shape index (κ1) is 20.0. The Kier molecular flexibility index (Phi) is 6.54. The van der Waals surface area contributed by atoms with Gasteiger partial charge in [0.05, 0.1) is 41.1 Å². The van der Waals surface area contributed by atoms with E-state index in [2.05, 4.69) is 0 Å². The van der Waals surface area contributed by atoms with Crippen LogP contribution in [0.2, 0.25) is 0 Å². The van der Waals surface area contributed by atoms with Gasteiger partial charge in [0.2, 0.25) is 11.5 Å². The zero-order valence-electron chi connectivity index (χ0n) is 15.9. The van der Waals surface area contributed by atoms with Crippen molar-refractivity contribution in [1.82, 2.24) is 0 Å². The molecule has 144 valence electrons. The Bertz CT molecular complexity index is 856. The third-order valence-electron chi connectivity index (χ3n) is 3.93. The fraction of sp³-hybridized carbons (Fsp3) is 0.250. The number of carbonyl (C=O) groups is 1. The highest BCUT2D eigenvalue weighted by atomic mass is 16.5. The second-order valence-corrected chi connectivity index (χ2v) is 5.32. The number of methoxy groups -OCH3 is 5. The van der Waals surface area contributed by atoms with Crippen molar-refractivity contribution in [3.8, 4) is 34.5 Å². The van der Waals surface area contributed by atoms with Crippen LogP contribution < -0.4 is 23.7 Å². The smallest absolute Gasteiger partial charge is 0.203 e. The topological polar surface area (TPSA) is 83.5 Å². The predicted molar refractivity (Wildman–Crippen MR) is 101 cm³/mol. The van der Waals surface area contributed by atoms with Crippen molar-refractivity contribution in [3.63, 3.8) is 0 Å². The van der Waals surface area contributed by atoms with Crippen LogP contribution in [-0.2, 0) is 0 Å². The second kappa shape index (κ2) is 8.84. The maximum absolute atomic E-state index is 12.5. The first-order valence-corrected chi connectivity index (χ1v) is 7.97. The molecule has 0 saturated heterocycles. The van der Waals surface area contributed by atoms with Gasteiger partial charge in [-0.05, 0) is 36.4 Å². The van der Waals surface area contributed by atoms with Crippen molar-refractivity contribution in [2.75, 3.05) is 35.5 Å². The van der Waals surface area contributed by atoms with Gasteiger partial charge in [0.25, 0.3) is 0 Å². The van der Waals surface area contributed by atoms with Crippen molar-refractivity contribution in [2.24, 2.45) is 0 Å². The number of hydrogen-bond donors (Lipinski definition) is 1. The number of allylic oxidation sites excluding steroid dienone is 1. The van der Waals surface area contributed by atoms with Crippen LogP contribution in [-0.4, -0.2) is 46.4 Å². The monoisotopic (exact) mass is 374 g/mol. The maximum Gasteiger partial charge on any atom is 0.203 e. The summed E-state index contributed by atoms with van der Waals surface area (Å²) < 4.78 is 26.2. The highest BCUT2D eigenvalue weighted by Gasteiger charge is 2.18. The van der Waals surface area contributed by atoms with E-state index >= 15 is 0 Å². The summed E-state index contributed by atoms with van der Waals surface area (Å²) in [5, 5.41) is 10.3. The van der Waals surface area contributed by atoms with Crippen molar-refractivity contribution < 1.29 is 33.6 Å². The van der Waals surface area contributed by atoms with Crippen LogP contribution in [0.1, 0.15) is 15.9 Å². The van der Waals surface area contributed by atoms with Crippen LogP contribution in [0.4, 0.5) is 0 Å². The molecule has 0 aliphatic rings. The summed E-state index contributed by atoms with van der Waals surface area (Å²) in [7, 11) is 7.35. The molecule has 0 saturated carbocycles. The molecule has 7 nitrogen and oxygen atoms in total. The van der Waals surface area contributed by atoms with Crippen molar-refractivity contribution in [3.05, 3.63) is 41.5 Å². The van der Waals surface area contributed by atoms with Crippen LogP contribution in [0.3, 0.4) is 0 Å². The van der Waals surface area contributed by atoms with Crippen LogP contribution in [0.25, 0.3) is 6.08 Å². The molecule has 0 atom stereocenters. The highest BCUT2D eigenvalue weighted by Crippen LogP contribution is 2.41. The molecule has 0 unspecified atom stereocenters. The fourth-order valence-corrected chi connectivity index (χ4v) is 2.62. The van der Waals surface area contributed by atoms with Gasteiger partial charge in [-0.25, -0.2) is 0 Å². The van der Waals surface area contributed by atoms with E-state index in [0.717, 1.165) is 0 Å². The molecule has 1 N–H and O–H groups in total. The van der Waals surface area contributed by atoms with Crippen molar-refractivity contribution in [2.45, 2.75) is 0 Å². The first-order valence-electron chi connectivity index (χ1n) is 7.97. The molecular weight excluding hydrogens is 352 g/mol. The van der Waals surface area contributed by atoms with E-state index in [9.17, 15) is 9.90 Å². The SMILES string of the molecule is COc1ccc(C(=O)/C=C/c2ccc(OC)c(OC)c2OC)c(O)c1OC. The summed E-state index contributed by atoms with van der Waals surface area (Å²) in [6, 6.07) is 6.46. The molecule has 2 aromatic carbocycles. The minimum atomic E-state index is -0.412. The number of benzene rings is 2. The molecule has 0 bridgehead atoms. The van der Waals surface area contributed by atoms with Crippen LogP contribution in [0.5, 0.6) is 34.5 Å². The molecule has 2 aromatic rings. The molecule has 27 heavy (non-hydrogen) atoms. The molecule has 0 aliphatic carbocycles. The Hall–Kier alpha value is -3.35.